The average molecular weight is 303 g/mol. The first-order valence-electron chi connectivity index (χ1n) is 7.05. The molecule has 1 aromatic heterocycles. The topological polar surface area (TPSA) is 76.4 Å². The second-order valence-electron chi connectivity index (χ2n) is 5.51. The number of para-hydroxylation sites is 1. The minimum absolute atomic E-state index is 0.0893. The van der Waals surface area contributed by atoms with Gasteiger partial charge in [0.25, 0.3) is 5.91 Å². The lowest BCUT2D eigenvalue weighted by atomic mass is 10.00. The van der Waals surface area contributed by atoms with Gasteiger partial charge in [-0.3, -0.25) is 9.48 Å². The van der Waals surface area contributed by atoms with Gasteiger partial charge in [0.05, 0.1) is 12.7 Å². The van der Waals surface area contributed by atoms with Crippen LogP contribution in [-0.4, -0.2) is 33.9 Å². The number of nitrogens with one attached hydrogen (secondary N) is 1. The van der Waals surface area contributed by atoms with Crippen LogP contribution in [-0.2, 0) is 17.4 Å². The molecule has 0 saturated carbocycles. The number of nitrogens with zero attached hydrogens (tertiary/aromatic N) is 2. The first-order chi connectivity index (χ1) is 10.4. The third-order valence-electron chi connectivity index (χ3n) is 3.41. The summed E-state index contributed by atoms with van der Waals surface area (Å²) in [7, 11) is 1.77. The molecule has 1 heterocycles. The predicted molar refractivity (Wildman–Crippen MR) is 82.5 cm³/mol. The number of carbonyl (C=O) groups is 1. The van der Waals surface area contributed by atoms with E-state index in [0.29, 0.717) is 11.3 Å². The lowest BCUT2D eigenvalue weighted by molar-refractivity contribution is -0.124. The maximum atomic E-state index is 11.8. The molecule has 22 heavy (non-hydrogen) atoms. The van der Waals surface area contributed by atoms with Crippen LogP contribution < -0.4 is 10.1 Å². The molecule has 1 atom stereocenters. The van der Waals surface area contributed by atoms with E-state index in [1.54, 1.807) is 31.0 Å². The highest BCUT2D eigenvalue weighted by molar-refractivity contribution is 5.77. The Hall–Kier alpha value is -2.34. The highest BCUT2D eigenvalue weighted by Gasteiger charge is 2.25. The molecule has 0 bridgehead atoms. The van der Waals surface area contributed by atoms with Crippen molar-refractivity contribution in [2.45, 2.75) is 19.4 Å². The summed E-state index contributed by atoms with van der Waals surface area (Å²) in [5, 5.41) is 17.1. The molecular weight excluding hydrogens is 282 g/mol. The second kappa shape index (κ2) is 6.62. The van der Waals surface area contributed by atoms with Crippen LogP contribution in [0.4, 0.5) is 0 Å². The van der Waals surface area contributed by atoms with Crippen molar-refractivity contribution in [1.29, 1.82) is 0 Å². The molecule has 0 saturated heterocycles. The smallest absolute Gasteiger partial charge is 0.258 e. The second-order valence-corrected chi connectivity index (χ2v) is 5.51. The number of aryl methyl sites for hydroxylation is 2. The minimum atomic E-state index is -1.17. The van der Waals surface area contributed by atoms with Crippen molar-refractivity contribution in [2.24, 2.45) is 7.05 Å². The fourth-order valence-electron chi connectivity index (χ4n) is 1.98. The summed E-state index contributed by atoms with van der Waals surface area (Å²) >= 11 is 0. The Bertz CT molecular complexity index is 650. The van der Waals surface area contributed by atoms with Crippen molar-refractivity contribution in [3.63, 3.8) is 0 Å². The summed E-state index contributed by atoms with van der Waals surface area (Å²) in [6.07, 6.45) is 3.30. The standard InChI is InChI=1S/C16H21N3O3/c1-12-6-4-5-7-14(12)22-10-15(20)17-11-16(2,21)13-8-18-19(3)9-13/h4-9,21H,10-11H2,1-3H3,(H,17,20). The maximum Gasteiger partial charge on any atom is 0.258 e. The first-order valence-corrected chi connectivity index (χ1v) is 7.05. The van der Waals surface area contributed by atoms with Crippen LogP contribution in [0.25, 0.3) is 0 Å². The van der Waals surface area contributed by atoms with Gasteiger partial charge in [-0.2, -0.15) is 5.10 Å². The molecule has 0 aliphatic heterocycles. The average Bonchev–Trinajstić information content (AvgIpc) is 2.92. The van der Waals surface area contributed by atoms with Crippen molar-refractivity contribution < 1.29 is 14.6 Å². The van der Waals surface area contributed by atoms with Gasteiger partial charge in [0.2, 0.25) is 0 Å². The van der Waals surface area contributed by atoms with Gasteiger partial charge in [0.1, 0.15) is 11.4 Å². The molecule has 0 aliphatic carbocycles. The van der Waals surface area contributed by atoms with E-state index in [4.69, 9.17) is 4.74 Å². The van der Waals surface area contributed by atoms with E-state index in [9.17, 15) is 9.90 Å². The van der Waals surface area contributed by atoms with Gasteiger partial charge in [-0.15, -0.1) is 0 Å². The quantitative estimate of drug-likeness (QED) is 0.839. The molecule has 0 radical (unpaired) electrons. The van der Waals surface area contributed by atoms with Crippen LogP contribution in [0.5, 0.6) is 5.75 Å². The van der Waals surface area contributed by atoms with Crippen molar-refractivity contribution in [3.8, 4) is 5.75 Å². The number of aliphatic hydroxyl groups is 1. The van der Waals surface area contributed by atoms with E-state index in [2.05, 4.69) is 10.4 Å². The largest absolute Gasteiger partial charge is 0.484 e. The number of hydrogen-bond acceptors (Lipinski definition) is 4. The van der Waals surface area contributed by atoms with Crippen LogP contribution >= 0.6 is 0 Å². The molecule has 1 aromatic carbocycles. The van der Waals surface area contributed by atoms with Gasteiger partial charge in [-0.05, 0) is 25.5 Å². The third-order valence-corrected chi connectivity index (χ3v) is 3.41. The number of amides is 1. The van der Waals surface area contributed by atoms with E-state index in [0.717, 1.165) is 5.56 Å². The summed E-state index contributed by atoms with van der Waals surface area (Å²) < 4.78 is 7.07. The summed E-state index contributed by atoms with van der Waals surface area (Å²) in [6, 6.07) is 7.50. The molecular formula is C16H21N3O3. The molecule has 6 heteroatoms. The lowest BCUT2D eigenvalue weighted by Crippen LogP contribution is -2.40. The van der Waals surface area contributed by atoms with Crippen LogP contribution in [0.1, 0.15) is 18.1 Å². The number of hydrogen-bond donors (Lipinski definition) is 2. The monoisotopic (exact) mass is 303 g/mol. The summed E-state index contributed by atoms with van der Waals surface area (Å²) in [4.78, 5) is 11.8. The highest BCUT2D eigenvalue weighted by atomic mass is 16.5. The van der Waals surface area contributed by atoms with Gasteiger partial charge in [0, 0.05) is 18.8 Å². The number of rotatable bonds is 6. The Kier molecular flexibility index (Phi) is 4.82. The van der Waals surface area contributed by atoms with Gasteiger partial charge < -0.3 is 15.2 Å². The zero-order valence-corrected chi connectivity index (χ0v) is 13.0. The SMILES string of the molecule is Cc1ccccc1OCC(=O)NCC(C)(O)c1cnn(C)c1. The number of ether oxygens (including phenoxy) is 1. The lowest BCUT2D eigenvalue weighted by Gasteiger charge is -2.22. The Morgan fingerprint density at radius 2 is 2.18 bits per heavy atom. The van der Waals surface area contributed by atoms with Crippen molar-refractivity contribution in [3.05, 3.63) is 47.8 Å². The fourth-order valence-corrected chi connectivity index (χ4v) is 1.98. The molecule has 2 aromatic rings. The first kappa shape index (κ1) is 16.0. The van der Waals surface area contributed by atoms with Crippen LogP contribution in [0.15, 0.2) is 36.7 Å². The third kappa shape index (κ3) is 4.08. The highest BCUT2D eigenvalue weighted by Crippen LogP contribution is 2.18. The molecule has 0 aliphatic rings. The Balaban J connectivity index is 1.84. The van der Waals surface area contributed by atoms with Gasteiger partial charge >= 0.3 is 0 Å². The summed E-state index contributed by atoms with van der Waals surface area (Å²) in [5.74, 6) is 0.393. The van der Waals surface area contributed by atoms with Crippen molar-refractivity contribution in [1.82, 2.24) is 15.1 Å². The van der Waals surface area contributed by atoms with E-state index in [-0.39, 0.29) is 19.1 Å². The summed E-state index contributed by atoms with van der Waals surface area (Å²) in [5.41, 5.74) is 0.444. The molecule has 2 N–H and O–H groups in total. The van der Waals surface area contributed by atoms with Gasteiger partial charge in [0.15, 0.2) is 6.61 Å². The molecule has 0 spiro atoms. The number of aromatic nitrogens is 2. The Labute approximate surface area is 129 Å². The van der Waals surface area contributed by atoms with Crippen LogP contribution in [0.2, 0.25) is 0 Å². The van der Waals surface area contributed by atoms with E-state index < -0.39 is 5.60 Å². The van der Waals surface area contributed by atoms with Crippen molar-refractivity contribution >= 4 is 5.91 Å². The van der Waals surface area contributed by atoms with E-state index >= 15 is 0 Å². The molecule has 6 nitrogen and oxygen atoms in total. The van der Waals surface area contributed by atoms with Crippen LogP contribution in [0, 0.1) is 6.92 Å². The summed E-state index contributed by atoms with van der Waals surface area (Å²) in [6.45, 7) is 3.55. The predicted octanol–water partition coefficient (Wildman–Crippen LogP) is 1.13. The fraction of sp³-hybridized carbons (Fsp3) is 0.375. The normalized spacial score (nSPS) is 13.5. The van der Waals surface area contributed by atoms with Crippen molar-refractivity contribution in [2.75, 3.05) is 13.2 Å². The van der Waals surface area contributed by atoms with E-state index in [1.807, 2.05) is 31.2 Å². The minimum Gasteiger partial charge on any atom is -0.484 e. The van der Waals surface area contributed by atoms with Gasteiger partial charge in [-0.1, -0.05) is 18.2 Å². The van der Waals surface area contributed by atoms with Crippen LogP contribution in [0.3, 0.4) is 0 Å². The zero-order valence-electron chi connectivity index (χ0n) is 13.0. The molecule has 2 rings (SSSR count). The Morgan fingerprint density at radius 1 is 1.45 bits per heavy atom. The Morgan fingerprint density at radius 3 is 2.82 bits per heavy atom. The molecule has 118 valence electrons. The number of benzene rings is 1. The molecule has 1 amide bonds. The number of carbonyl (C=O) groups excluding carboxylic acids is 1. The molecule has 0 fully saturated rings. The zero-order chi connectivity index (χ0) is 16.2. The maximum absolute atomic E-state index is 11.8. The van der Waals surface area contributed by atoms with Gasteiger partial charge in [-0.25, -0.2) is 0 Å². The molecule has 1 unspecified atom stereocenters. The van der Waals surface area contributed by atoms with E-state index in [1.165, 1.54) is 0 Å².